The van der Waals surface area contributed by atoms with Crippen LogP contribution in [0, 0.1) is 0 Å². The molecular formula is C70H82BN18O8S3Si2. The molecule has 3 radical (unpaired) electrons. The van der Waals surface area contributed by atoms with E-state index in [9.17, 15) is 19.5 Å². The molecule has 13 heterocycles. The summed E-state index contributed by atoms with van der Waals surface area (Å²) in [4.78, 5) is 53.6. The second kappa shape index (κ2) is 30.9. The van der Waals surface area contributed by atoms with Crippen molar-refractivity contribution < 1.29 is 24.4 Å². The summed E-state index contributed by atoms with van der Waals surface area (Å²) >= 11 is 4.53. The van der Waals surface area contributed by atoms with E-state index in [0.717, 1.165) is 150 Å². The molecule has 1 fully saturated rings. The number of nitrogens with one attached hydrogen (secondary N) is 1. The van der Waals surface area contributed by atoms with Crippen LogP contribution in [0.5, 0.6) is 0 Å². The maximum atomic E-state index is 13.4. The van der Waals surface area contributed by atoms with Crippen molar-refractivity contribution in [3.8, 4) is 0 Å². The number of thiazole rings is 3. The highest BCUT2D eigenvalue weighted by atomic mass is 32.1. The number of ether oxygens (including phenoxy) is 3. The van der Waals surface area contributed by atoms with Gasteiger partial charge in [-0.3, -0.25) is 19.5 Å². The predicted octanol–water partition coefficient (Wildman–Crippen LogP) is 10.5. The molecule has 0 unspecified atom stereocenters. The molecular weight excluding hydrogens is 1380 g/mol. The Labute approximate surface area is 601 Å². The Hall–Kier alpha value is -8.96. The second-order valence-corrected chi connectivity index (χ2v) is 41.9. The standard InChI is InChI=1S/C24H30N6O3SSi.C24H28N6O2SSi.C18H16N6O2S.C4H8O.B/c1-28-21-18(22-23(28)27-20(34-22)8-9-31)13-25-29(24(21)32)14-16-6-5-7-19-17(16)12-26-30(19)15-33-10-11-35(2,3)4;1-6-20-27-23-22(33-20)18-13-25-29(24(31)21(18)28(23)2)14-16-8-7-9-19-17(16)12-26-30(19)15-32-10-11-34(3,4)5;1-23-15-12(16-17(23)21-14(27-16)5-6-25)8-20-24(18(15)26)9-10-3-2-4-13-11(10)7-19-22-13;1-2-4-5-3-1;/h5-7,12-13,31H,8-11,14-15H2,1-4H3;6-9,12-13H,1,10-11,14-15H2,2-5H3;2-4,7-8,25H,5-6,9H2,1H3,(H,19,22);1-4H2;. The van der Waals surface area contributed by atoms with Crippen LogP contribution >= 0.6 is 34.0 Å². The lowest BCUT2D eigenvalue weighted by Gasteiger charge is -2.15. The number of H-pyrrole nitrogens is 1. The number of hydrogen-bond donors (Lipinski definition) is 3. The van der Waals surface area contributed by atoms with Gasteiger partial charge in [0.1, 0.15) is 35.0 Å². The maximum Gasteiger partial charge on any atom is 0.291 e. The van der Waals surface area contributed by atoms with Crippen molar-refractivity contribution in [2.45, 2.75) is 110 Å². The van der Waals surface area contributed by atoms with Gasteiger partial charge in [0.25, 0.3) is 16.7 Å². The Kier molecular flexibility index (Phi) is 22.1. The Bertz CT molecular complexity index is 5710. The average Bonchev–Trinajstić information content (AvgIpc) is 1.60. The third kappa shape index (κ3) is 15.1. The molecule has 0 saturated carbocycles. The summed E-state index contributed by atoms with van der Waals surface area (Å²) in [6.45, 7) is 23.3. The van der Waals surface area contributed by atoms with Gasteiger partial charge in [0.05, 0.1) is 97.5 Å². The molecule has 1 aliphatic rings. The van der Waals surface area contributed by atoms with Crippen LogP contribution in [-0.4, -0.2) is 162 Å². The number of aryl methyl sites for hydroxylation is 3. The van der Waals surface area contributed by atoms with Gasteiger partial charge in [-0.15, -0.1) is 34.0 Å². The maximum absolute atomic E-state index is 13.4. The zero-order valence-corrected chi connectivity index (χ0v) is 63.2. The highest BCUT2D eigenvalue weighted by Crippen LogP contribution is 2.34. The van der Waals surface area contributed by atoms with E-state index >= 15 is 0 Å². The van der Waals surface area contributed by atoms with Gasteiger partial charge in [-0.05, 0) is 65.9 Å². The van der Waals surface area contributed by atoms with Gasteiger partial charge < -0.3 is 38.1 Å². The van der Waals surface area contributed by atoms with Crippen LogP contribution in [0.3, 0.4) is 0 Å². The zero-order chi connectivity index (χ0) is 70.9. The van der Waals surface area contributed by atoms with Crippen LogP contribution in [0.1, 0.15) is 44.6 Å². The Morgan fingerprint density at radius 2 is 0.922 bits per heavy atom. The van der Waals surface area contributed by atoms with Gasteiger partial charge in [-0.25, -0.2) is 38.4 Å². The normalized spacial score (nSPS) is 12.7. The summed E-state index contributed by atoms with van der Waals surface area (Å²) < 4.78 is 33.3. The molecule has 1 saturated heterocycles. The van der Waals surface area contributed by atoms with Crippen LogP contribution in [0.15, 0.2) is 113 Å². The first-order chi connectivity index (χ1) is 48.7. The Balaban J connectivity index is 0.000000140. The van der Waals surface area contributed by atoms with Gasteiger partial charge in [0.2, 0.25) is 0 Å². The minimum absolute atomic E-state index is 0. The number of fused-ring (bicyclic) bond motifs is 12. The lowest BCUT2D eigenvalue weighted by Crippen LogP contribution is -2.24. The van der Waals surface area contributed by atoms with Gasteiger partial charge in [0.15, 0.2) is 16.9 Å². The molecule has 529 valence electrons. The highest BCUT2D eigenvalue weighted by Gasteiger charge is 2.23. The van der Waals surface area contributed by atoms with Gasteiger partial charge >= 0.3 is 0 Å². The lowest BCUT2D eigenvalue weighted by atomic mass is 10.1. The smallest absolute Gasteiger partial charge is 0.291 e. The number of benzene rings is 3. The quantitative estimate of drug-likeness (QED) is 0.0445. The molecule has 32 heteroatoms. The molecule has 12 aromatic heterocycles. The largest absolute Gasteiger partial charge is 0.396 e. The van der Waals surface area contributed by atoms with Crippen molar-refractivity contribution in [2.24, 2.45) is 21.1 Å². The topological polar surface area (TPSA) is 291 Å². The third-order valence-electron chi connectivity index (χ3n) is 17.8. The minimum Gasteiger partial charge on any atom is -0.396 e. The number of rotatable bonds is 21. The molecule has 0 amide bonds. The monoisotopic (exact) mass is 1470 g/mol. The summed E-state index contributed by atoms with van der Waals surface area (Å²) in [5.74, 6) is 0. The Morgan fingerprint density at radius 1 is 0.529 bits per heavy atom. The summed E-state index contributed by atoms with van der Waals surface area (Å²) in [5.41, 5.74) is 9.48. The molecule has 26 nitrogen and oxygen atoms in total. The zero-order valence-electron chi connectivity index (χ0n) is 58.7. The van der Waals surface area contributed by atoms with E-state index in [-0.39, 0.29) is 38.3 Å². The molecule has 3 aromatic carbocycles. The van der Waals surface area contributed by atoms with E-state index in [1.807, 2.05) is 111 Å². The minimum atomic E-state index is -1.14. The number of aliphatic hydroxyl groups is 2. The number of nitrogens with zero attached hydrogens (tertiary/aromatic N) is 17. The highest BCUT2D eigenvalue weighted by molar-refractivity contribution is 7.20. The van der Waals surface area contributed by atoms with Crippen LogP contribution in [0.4, 0.5) is 0 Å². The van der Waals surface area contributed by atoms with Crippen molar-refractivity contribution in [2.75, 3.05) is 39.6 Å². The van der Waals surface area contributed by atoms with Crippen molar-refractivity contribution in [1.82, 2.24) is 87.8 Å². The molecule has 1 aliphatic heterocycles. The van der Waals surface area contributed by atoms with E-state index < -0.39 is 16.1 Å². The van der Waals surface area contributed by atoms with E-state index in [4.69, 9.17) is 19.3 Å². The van der Waals surface area contributed by atoms with Crippen molar-refractivity contribution in [3.63, 3.8) is 0 Å². The summed E-state index contributed by atoms with van der Waals surface area (Å²) in [5, 5.41) is 55.8. The molecule has 0 bridgehead atoms. The molecule has 15 aromatic rings. The Morgan fingerprint density at radius 3 is 1.32 bits per heavy atom. The first-order valence-corrected chi connectivity index (χ1v) is 43.4. The van der Waals surface area contributed by atoms with Crippen LogP contribution in [0.25, 0.3) is 103 Å². The van der Waals surface area contributed by atoms with Crippen LogP contribution in [0.2, 0.25) is 51.4 Å². The van der Waals surface area contributed by atoms with Crippen LogP contribution in [-0.2, 0) is 81.3 Å². The van der Waals surface area contributed by atoms with Crippen LogP contribution < -0.4 is 16.7 Å². The fourth-order valence-corrected chi connectivity index (χ4v) is 17.0. The predicted molar refractivity (Wildman–Crippen MR) is 413 cm³/mol. The summed E-state index contributed by atoms with van der Waals surface area (Å²) in [6, 6.07) is 20.1. The van der Waals surface area contributed by atoms with E-state index in [2.05, 4.69) is 96.5 Å². The lowest BCUT2D eigenvalue weighted by molar-refractivity contribution is 0.0816. The summed E-state index contributed by atoms with van der Waals surface area (Å²) in [7, 11) is 3.30. The van der Waals surface area contributed by atoms with E-state index in [0.29, 0.717) is 62.5 Å². The summed E-state index contributed by atoms with van der Waals surface area (Å²) in [6.07, 6.45) is 16.0. The van der Waals surface area contributed by atoms with Gasteiger partial charge in [-0.2, -0.15) is 30.6 Å². The first-order valence-electron chi connectivity index (χ1n) is 33.6. The molecule has 0 spiro atoms. The molecule has 102 heavy (non-hydrogen) atoms. The third-order valence-corrected chi connectivity index (χ3v) is 24.6. The molecule has 16 rings (SSSR count). The van der Waals surface area contributed by atoms with Crippen molar-refractivity contribution >= 4 is 161 Å². The molecule has 0 atom stereocenters. The van der Waals surface area contributed by atoms with Crippen molar-refractivity contribution in [1.29, 1.82) is 0 Å². The SMILES string of the molecule is C1CCOC1.C=Cc1nc2c(s1)c1cnn(Cc3cccc4c3cnn4COCC[Si](C)(C)C)c(=O)c1n2C.Cn1c2nc(CCO)sc2c2cnn(Cc3cccc4[nH]ncc34)c(=O)c21.Cn1c2nc(CCO)sc2c2cnn(Cc3cccc4c3cnn4COCC[Si](C)(C)C)c(=O)c21.[B]. The van der Waals surface area contributed by atoms with Crippen molar-refractivity contribution in [3.05, 3.63) is 161 Å². The number of hydrogen-bond acceptors (Lipinski definition) is 20. The molecule has 0 aliphatic carbocycles. The van der Waals surface area contributed by atoms with Gasteiger partial charge in [-0.1, -0.05) is 82.3 Å². The number of aliphatic hydroxyl groups excluding tert-OH is 2. The molecule has 3 N–H and O–H groups in total. The van der Waals surface area contributed by atoms with Gasteiger partial charge in [0, 0.05) is 131 Å². The van der Waals surface area contributed by atoms with E-state index in [1.54, 1.807) is 30.9 Å². The average molecular weight is 1470 g/mol. The second-order valence-electron chi connectivity index (χ2n) is 27.4. The first kappa shape index (κ1) is 72.8. The van der Waals surface area contributed by atoms with E-state index in [1.165, 1.54) is 60.9 Å². The number of aromatic nitrogens is 18. The fourth-order valence-electron chi connectivity index (χ4n) is 12.3. The number of aromatic amines is 1. The fraction of sp³-hybridized carbons (Fsp3) is 0.371.